The second kappa shape index (κ2) is 6.43. The van der Waals surface area contributed by atoms with Gasteiger partial charge in [0.2, 0.25) is 0 Å². The lowest BCUT2D eigenvalue weighted by Gasteiger charge is -2.28. The standard InChI is InChI=1S/C13H17ClN2O3/c1-3-13(4-2,11(17)18)16-12(19)15-10-7-5-9(14)6-8-10/h5-8H,3-4H2,1-2H3,(H,17,18)(H2,15,16,19). The molecular weight excluding hydrogens is 268 g/mol. The van der Waals surface area contributed by atoms with Gasteiger partial charge in [-0.05, 0) is 37.1 Å². The van der Waals surface area contributed by atoms with Gasteiger partial charge < -0.3 is 15.7 Å². The average Bonchev–Trinajstić information content (AvgIpc) is 2.38. The van der Waals surface area contributed by atoms with E-state index in [9.17, 15) is 14.7 Å². The Morgan fingerprint density at radius 3 is 2.16 bits per heavy atom. The molecule has 0 radical (unpaired) electrons. The van der Waals surface area contributed by atoms with Crippen LogP contribution >= 0.6 is 11.6 Å². The van der Waals surface area contributed by atoms with Gasteiger partial charge >= 0.3 is 12.0 Å². The molecule has 0 bridgehead atoms. The van der Waals surface area contributed by atoms with Gasteiger partial charge in [0.25, 0.3) is 0 Å². The smallest absolute Gasteiger partial charge is 0.329 e. The number of benzene rings is 1. The third-order valence-corrected chi connectivity index (χ3v) is 3.32. The highest BCUT2D eigenvalue weighted by Crippen LogP contribution is 2.17. The monoisotopic (exact) mass is 284 g/mol. The first-order chi connectivity index (χ1) is 8.93. The average molecular weight is 285 g/mol. The molecule has 0 heterocycles. The van der Waals surface area contributed by atoms with Crippen LogP contribution < -0.4 is 10.6 Å². The minimum atomic E-state index is -1.24. The Morgan fingerprint density at radius 1 is 1.21 bits per heavy atom. The number of carboxylic acids is 1. The number of carbonyl (C=O) groups excluding carboxylic acids is 1. The van der Waals surface area contributed by atoms with Crippen LogP contribution in [0.2, 0.25) is 5.02 Å². The number of carbonyl (C=O) groups is 2. The molecule has 5 nitrogen and oxygen atoms in total. The number of urea groups is 1. The number of nitrogens with one attached hydrogen (secondary N) is 2. The van der Waals surface area contributed by atoms with Crippen LogP contribution in [0.1, 0.15) is 26.7 Å². The summed E-state index contributed by atoms with van der Waals surface area (Å²) in [5.74, 6) is -1.04. The highest BCUT2D eigenvalue weighted by atomic mass is 35.5. The predicted octanol–water partition coefficient (Wildman–Crippen LogP) is 3.10. The first-order valence-corrected chi connectivity index (χ1v) is 6.39. The summed E-state index contributed by atoms with van der Waals surface area (Å²) in [7, 11) is 0. The lowest BCUT2D eigenvalue weighted by molar-refractivity contribution is -0.144. The fourth-order valence-corrected chi connectivity index (χ4v) is 1.82. The molecule has 0 aliphatic carbocycles. The van der Waals surface area contributed by atoms with Gasteiger partial charge in [0.05, 0.1) is 0 Å². The largest absolute Gasteiger partial charge is 0.480 e. The highest BCUT2D eigenvalue weighted by molar-refractivity contribution is 6.30. The fourth-order valence-electron chi connectivity index (χ4n) is 1.70. The predicted molar refractivity (Wildman–Crippen MR) is 74.6 cm³/mol. The maximum Gasteiger partial charge on any atom is 0.329 e. The topological polar surface area (TPSA) is 78.4 Å². The van der Waals surface area contributed by atoms with Crippen molar-refractivity contribution in [1.29, 1.82) is 0 Å². The van der Waals surface area contributed by atoms with Crippen molar-refractivity contribution in [3.63, 3.8) is 0 Å². The Kier molecular flexibility index (Phi) is 5.18. The molecule has 1 aromatic carbocycles. The van der Waals surface area contributed by atoms with E-state index in [0.29, 0.717) is 23.6 Å². The SMILES string of the molecule is CCC(CC)(NC(=O)Nc1ccc(Cl)cc1)C(=O)O. The molecule has 1 rings (SSSR count). The summed E-state index contributed by atoms with van der Waals surface area (Å²) >= 11 is 5.74. The third kappa shape index (κ3) is 3.86. The zero-order valence-corrected chi connectivity index (χ0v) is 11.6. The molecule has 0 spiro atoms. The summed E-state index contributed by atoms with van der Waals surface area (Å²) in [6, 6.07) is 6.01. The van der Waals surface area contributed by atoms with E-state index in [1.54, 1.807) is 38.1 Å². The molecule has 0 unspecified atom stereocenters. The van der Waals surface area contributed by atoms with Gasteiger partial charge in [-0.25, -0.2) is 9.59 Å². The molecule has 0 aliphatic rings. The lowest BCUT2D eigenvalue weighted by atomic mass is 9.93. The van der Waals surface area contributed by atoms with Gasteiger partial charge in [-0.2, -0.15) is 0 Å². The molecule has 19 heavy (non-hydrogen) atoms. The van der Waals surface area contributed by atoms with Crippen LogP contribution in [0.3, 0.4) is 0 Å². The van der Waals surface area contributed by atoms with Crippen molar-refractivity contribution in [2.45, 2.75) is 32.2 Å². The molecule has 2 amide bonds. The van der Waals surface area contributed by atoms with Gasteiger partial charge in [0, 0.05) is 10.7 Å². The molecule has 0 aromatic heterocycles. The molecule has 104 valence electrons. The summed E-state index contributed by atoms with van der Waals surface area (Å²) in [6.07, 6.45) is 0.625. The molecule has 0 saturated heterocycles. The van der Waals surface area contributed by atoms with E-state index < -0.39 is 17.5 Å². The Balaban J connectivity index is 2.73. The summed E-state index contributed by atoms with van der Waals surface area (Å²) < 4.78 is 0. The number of halogens is 1. The van der Waals surface area contributed by atoms with Crippen molar-refractivity contribution in [2.75, 3.05) is 5.32 Å². The summed E-state index contributed by atoms with van der Waals surface area (Å²) in [5, 5.41) is 14.9. The van der Waals surface area contributed by atoms with E-state index in [2.05, 4.69) is 10.6 Å². The van der Waals surface area contributed by atoms with E-state index in [1.165, 1.54) is 0 Å². The second-order valence-corrected chi connectivity index (χ2v) is 4.62. The maximum atomic E-state index is 11.8. The van der Waals surface area contributed by atoms with Crippen LogP contribution in [-0.2, 0) is 4.79 Å². The number of rotatable bonds is 5. The van der Waals surface area contributed by atoms with Gasteiger partial charge in [-0.3, -0.25) is 0 Å². The van der Waals surface area contributed by atoms with Crippen molar-refractivity contribution in [3.05, 3.63) is 29.3 Å². The summed E-state index contributed by atoms with van der Waals surface area (Å²) in [5.41, 5.74) is -0.690. The fraction of sp³-hybridized carbons (Fsp3) is 0.385. The second-order valence-electron chi connectivity index (χ2n) is 4.18. The van der Waals surface area contributed by atoms with Crippen molar-refractivity contribution in [3.8, 4) is 0 Å². The molecule has 1 aromatic rings. The first kappa shape index (κ1) is 15.3. The van der Waals surface area contributed by atoms with Crippen LogP contribution in [0.15, 0.2) is 24.3 Å². The van der Waals surface area contributed by atoms with E-state index in [4.69, 9.17) is 11.6 Å². The number of anilines is 1. The Labute approximate surface area is 117 Å². The Morgan fingerprint density at radius 2 is 1.74 bits per heavy atom. The van der Waals surface area contributed by atoms with Gasteiger partial charge in [-0.1, -0.05) is 25.4 Å². The molecule has 0 atom stereocenters. The molecular formula is C13H17ClN2O3. The molecule has 0 aliphatic heterocycles. The van der Waals surface area contributed by atoms with Gasteiger partial charge in [0.15, 0.2) is 0 Å². The number of aliphatic carboxylic acids is 1. The molecule has 3 N–H and O–H groups in total. The quantitative estimate of drug-likeness (QED) is 0.777. The van der Waals surface area contributed by atoms with Crippen LogP contribution in [-0.4, -0.2) is 22.6 Å². The number of amides is 2. The minimum absolute atomic E-state index is 0.312. The zero-order valence-electron chi connectivity index (χ0n) is 10.9. The number of hydrogen-bond acceptors (Lipinski definition) is 2. The van der Waals surface area contributed by atoms with E-state index in [1.807, 2.05) is 0 Å². The normalized spacial score (nSPS) is 10.9. The van der Waals surface area contributed by atoms with Crippen LogP contribution in [0, 0.1) is 0 Å². The first-order valence-electron chi connectivity index (χ1n) is 6.01. The molecule has 6 heteroatoms. The summed E-state index contributed by atoms with van der Waals surface area (Å²) in [4.78, 5) is 23.1. The van der Waals surface area contributed by atoms with Crippen molar-refractivity contribution >= 4 is 29.3 Å². The number of carboxylic acid groups (broad SMARTS) is 1. The maximum absolute atomic E-state index is 11.8. The minimum Gasteiger partial charge on any atom is -0.480 e. The van der Waals surface area contributed by atoms with E-state index in [0.717, 1.165) is 0 Å². The van der Waals surface area contributed by atoms with Crippen molar-refractivity contribution < 1.29 is 14.7 Å². The highest BCUT2D eigenvalue weighted by Gasteiger charge is 2.36. The zero-order chi connectivity index (χ0) is 14.5. The number of hydrogen-bond donors (Lipinski definition) is 3. The lowest BCUT2D eigenvalue weighted by Crippen LogP contribution is -2.54. The summed E-state index contributed by atoms with van der Waals surface area (Å²) in [6.45, 7) is 3.44. The van der Waals surface area contributed by atoms with Crippen molar-refractivity contribution in [1.82, 2.24) is 5.32 Å². The molecule has 0 fully saturated rings. The van der Waals surface area contributed by atoms with Crippen LogP contribution in [0.25, 0.3) is 0 Å². The Bertz CT molecular complexity index is 455. The van der Waals surface area contributed by atoms with Crippen LogP contribution in [0.4, 0.5) is 10.5 Å². The van der Waals surface area contributed by atoms with Gasteiger partial charge in [0.1, 0.15) is 5.54 Å². The van der Waals surface area contributed by atoms with Crippen LogP contribution in [0.5, 0.6) is 0 Å². The van der Waals surface area contributed by atoms with E-state index in [-0.39, 0.29) is 0 Å². The van der Waals surface area contributed by atoms with Gasteiger partial charge in [-0.15, -0.1) is 0 Å². The van der Waals surface area contributed by atoms with E-state index >= 15 is 0 Å². The third-order valence-electron chi connectivity index (χ3n) is 3.07. The molecule has 0 saturated carbocycles. The Hall–Kier alpha value is -1.75. The van der Waals surface area contributed by atoms with Crippen molar-refractivity contribution in [2.24, 2.45) is 0 Å².